The minimum absolute atomic E-state index is 0.0208. The lowest BCUT2D eigenvalue weighted by atomic mass is 9.90. The number of hydrogen-bond acceptors (Lipinski definition) is 4. The molecule has 0 radical (unpaired) electrons. The molecule has 0 saturated heterocycles. The van der Waals surface area contributed by atoms with Crippen molar-refractivity contribution in [2.24, 2.45) is 22.4 Å². The van der Waals surface area contributed by atoms with E-state index in [-0.39, 0.29) is 35.6 Å². The standard InChI is InChI=1S/C25H42N6O3/c1-6-19(18-13-10-9-11-14-18)29-22(33)20(15-12-16-28-24(26)27)30-23(34)25(7-2,8-3)31-21(32)17(4)5/h9-11,13-14,17,19-20H,6-8,12,15-16H2,1-5H3,(H,29,33)(H,30,34)(H,31,32)(H4,26,27,28)/t19-,20-/m0/s1. The summed E-state index contributed by atoms with van der Waals surface area (Å²) in [5, 5.41) is 8.85. The Morgan fingerprint density at radius 3 is 2.09 bits per heavy atom. The molecule has 0 unspecified atom stereocenters. The van der Waals surface area contributed by atoms with E-state index in [1.54, 1.807) is 13.8 Å². The maximum atomic E-state index is 13.4. The van der Waals surface area contributed by atoms with E-state index in [0.29, 0.717) is 38.6 Å². The molecule has 0 aliphatic carbocycles. The predicted molar refractivity (Wildman–Crippen MR) is 136 cm³/mol. The highest BCUT2D eigenvalue weighted by Gasteiger charge is 2.39. The van der Waals surface area contributed by atoms with Crippen LogP contribution in [0.1, 0.15) is 78.3 Å². The third-order valence-electron chi connectivity index (χ3n) is 6.02. The summed E-state index contributed by atoms with van der Waals surface area (Å²) in [6.07, 6.45) is 2.35. The summed E-state index contributed by atoms with van der Waals surface area (Å²) in [5.41, 5.74) is 10.7. The van der Waals surface area contributed by atoms with Gasteiger partial charge in [-0.3, -0.25) is 19.4 Å². The first-order valence-electron chi connectivity index (χ1n) is 12.1. The van der Waals surface area contributed by atoms with Crippen LogP contribution in [0, 0.1) is 5.92 Å². The van der Waals surface area contributed by atoms with Crippen molar-refractivity contribution in [2.75, 3.05) is 6.54 Å². The zero-order valence-electron chi connectivity index (χ0n) is 21.2. The number of amides is 3. The Balaban J connectivity index is 3.09. The van der Waals surface area contributed by atoms with Crippen molar-refractivity contribution in [3.05, 3.63) is 35.9 Å². The van der Waals surface area contributed by atoms with E-state index in [0.717, 1.165) is 5.56 Å². The van der Waals surface area contributed by atoms with Crippen molar-refractivity contribution in [2.45, 2.75) is 84.3 Å². The Labute approximate surface area is 203 Å². The van der Waals surface area contributed by atoms with Gasteiger partial charge in [-0.25, -0.2) is 0 Å². The van der Waals surface area contributed by atoms with Gasteiger partial charge in [0.15, 0.2) is 5.96 Å². The quantitative estimate of drug-likeness (QED) is 0.159. The molecule has 0 aliphatic heterocycles. The molecule has 3 amide bonds. The second-order valence-electron chi connectivity index (χ2n) is 8.79. The van der Waals surface area contributed by atoms with Gasteiger partial charge in [0, 0.05) is 12.5 Å². The minimum Gasteiger partial charge on any atom is -0.370 e. The molecule has 2 atom stereocenters. The zero-order valence-corrected chi connectivity index (χ0v) is 21.2. The molecule has 0 bridgehead atoms. The molecule has 34 heavy (non-hydrogen) atoms. The second-order valence-corrected chi connectivity index (χ2v) is 8.79. The monoisotopic (exact) mass is 474 g/mol. The summed E-state index contributed by atoms with van der Waals surface area (Å²) < 4.78 is 0. The van der Waals surface area contributed by atoms with Crippen LogP contribution in [0.3, 0.4) is 0 Å². The van der Waals surface area contributed by atoms with Crippen LogP contribution in [0.2, 0.25) is 0 Å². The molecular weight excluding hydrogens is 432 g/mol. The summed E-state index contributed by atoms with van der Waals surface area (Å²) in [6.45, 7) is 9.58. The fourth-order valence-corrected chi connectivity index (χ4v) is 3.63. The Bertz CT molecular complexity index is 817. The summed E-state index contributed by atoms with van der Waals surface area (Å²) in [7, 11) is 0. The van der Waals surface area contributed by atoms with Gasteiger partial charge >= 0.3 is 0 Å². The van der Waals surface area contributed by atoms with Gasteiger partial charge in [0.25, 0.3) is 0 Å². The number of benzene rings is 1. The van der Waals surface area contributed by atoms with Crippen molar-refractivity contribution in [3.63, 3.8) is 0 Å². The first kappa shape index (κ1) is 28.9. The maximum absolute atomic E-state index is 13.4. The molecular formula is C25H42N6O3. The smallest absolute Gasteiger partial charge is 0.246 e. The highest BCUT2D eigenvalue weighted by atomic mass is 16.2. The van der Waals surface area contributed by atoms with Crippen LogP contribution in [-0.4, -0.2) is 41.8 Å². The lowest BCUT2D eigenvalue weighted by Crippen LogP contribution is -2.62. The van der Waals surface area contributed by atoms with Crippen molar-refractivity contribution < 1.29 is 14.4 Å². The zero-order chi connectivity index (χ0) is 25.7. The molecule has 0 aromatic heterocycles. The molecule has 0 spiro atoms. The fraction of sp³-hybridized carbons (Fsp3) is 0.600. The largest absolute Gasteiger partial charge is 0.370 e. The molecule has 1 aromatic carbocycles. The minimum atomic E-state index is -1.09. The van der Waals surface area contributed by atoms with Gasteiger partial charge in [0.05, 0.1) is 6.04 Å². The number of rotatable bonds is 14. The van der Waals surface area contributed by atoms with Crippen LogP contribution >= 0.6 is 0 Å². The number of aliphatic imine (C=N–C) groups is 1. The highest BCUT2D eigenvalue weighted by Crippen LogP contribution is 2.19. The number of carbonyl (C=O) groups excluding carboxylic acids is 3. The second kappa shape index (κ2) is 14.2. The van der Waals surface area contributed by atoms with Crippen molar-refractivity contribution in [1.29, 1.82) is 0 Å². The topological polar surface area (TPSA) is 152 Å². The highest BCUT2D eigenvalue weighted by molar-refractivity contribution is 5.95. The number of nitrogens with one attached hydrogen (secondary N) is 3. The number of nitrogens with two attached hydrogens (primary N) is 2. The van der Waals surface area contributed by atoms with E-state index in [4.69, 9.17) is 11.5 Å². The van der Waals surface area contributed by atoms with Gasteiger partial charge in [-0.1, -0.05) is 65.0 Å². The fourth-order valence-electron chi connectivity index (χ4n) is 3.63. The molecule has 1 rings (SSSR count). The first-order valence-corrected chi connectivity index (χ1v) is 12.1. The average Bonchev–Trinajstić information content (AvgIpc) is 2.82. The third-order valence-corrected chi connectivity index (χ3v) is 6.02. The van der Waals surface area contributed by atoms with Crippen LogP contribution in [0.5, 0.6) is 0 Å². The Morgan fingerprint density at radius 1 is 0.971 bits per heavy atom. The summed E-state index contributed by atoms with van der Waals surface area (Å²) in [4.78, 5) is 43.1. The van der Waals surface area contributed by atoms with Crippen LogP contribution < -0.4 is 27.4 Å². The van der Waals surface area contributed by atoms with Gasteiger partial charge in [-0.05, 0) is 37.7 Å². The normalized spacial score (nSPS) is 13.0. The molecule has 9 heteroatoms. The van der Waals surface area contributed by atoms with Crippen molar-refractivity contribution in [1.82, 2.24) is 16.0 Å². The Hall–Kier alpha value is -3.10. The number of nitrogens with zero attached hydrogens (tertiary/aromatic N) is 1. The molecule has 0 heterocycles. The molecule has 190 valence electrons. The van der Waals surface area contributed by atoms with E-state index in [2.05, 4.69) is 20.9 Å². The lowest BCUT2D eigenvalue weighted by Gasteiger charge is -2.34. The number of hydrogen-bond donors (Lipinski definition) is 5. The lowest BCUT2D eigenvalue weighted by molar-refractivity contribution is -0.137. The maximum Gasteiger partial charge on any atom is 0.246 e. The number of carbonyl (C=O) groups is 3. The third kappa shape index (κ3) is 8.68. The predicted octanol–water partition coefficient (Wildman–Crippen LogP) is 2.12. The molecule has 0 fully saturated rings. The van der Waals surface area contributed by atoms with Gasteiger partial charge in [0.2, 0.25) is 17.7 Å². The molecule has 9 nitrogen and oxygen atoms in total. The van der Waals surface area contributed by atoms with Crippen LogP contribution in [0.25, 0.3) is 0 Å². The van der Waals surface area contributed by atoms with Crippen LogP contribution in [0.4, 0.5) is 0 Å². The average molecular weight is 475 g/mol. The SMILES string of the molecule is CC[C@H](NC(=O)[C@H](CCCN=C(N)N)NC(=O)C(CC)(CC)NC(=O)C(C)C)c1ccccc1. The van der Waals surface area contributed by atoms with Gasteiger partial charge in [-0.15, -0.1) is 0 Å². The van der Waals surface area contributed by atoms with E-state index in [9.17, 15) is 14.4 Å². The molecule has 0 aliphatic rings. The van der Waals surface area contributed by atoms with E-state index < -0.39 is 11.6 Å². The molecule has 1 aromatic rings. The van der Waals surface area contributed by atoms with Gasteiger partial charge in [-0.2, -0.15) is 0 Å². The van der Waals surface area contributed by atoms with Crippen LogP contribution in [0.15, 0.2) is 35.3 Å². The first-order chi connectivity index (χ1) is 16.1. The van der Waals surface area contributed by atoms with Crippen molar-refractivity contribution in [3.8, 4) is 0 Å². The Morgan fingerprint density at radius 2 is 1.59 bits per heavy atom. The molecule has 0 saturated carbocycles. The van der Waals surface area contributed by atoms with E-state index in [1.165, 1.54) is 0 Å². The summed E-state index contributed by atoms with van der Waals surface area (Å²) in [6, 6.07) is 8.70. The molecule has 7 N–H and O–H groups in total. The number of guanidine groups is 1. The van der Waals surface area contributed by atoms with E-state index >= 15 is 0 Å². The van der Waals surface area contributed by atoms with Crippen molar-refractivity contribution >= 4 is 23.7 Å². The summed E-state index contributed by atoms with van der Waals surface area (Å²) >= 11 is 0. The van der Waals surface area contributed by atoms with Gasteiger partial charge < -0.3 is 27.4 Å². The Kier molecular flexibility index (Phi) is 12.1. The van der Waals surface area contributed by atoms with Crippen LogP contribution in [-0.2, 0) is 14.4 Å². The van der Waals surface area contributed by atoms with E-state index in [1.807, 2.05) is 51.1 Å². The van der Waals surface area contributed by atoms with Gasteiger partial charge in [0.1, 0.15) is 11.6 Å². The summed E-state index contributed by atoms with van der Waals surface area (Å²) in [5.74, 6) is -1.15.